The molecule has 3 rings (SSSR count). The Kier molecular flexibility index (Phi) is 3.57. The van der Waals surface area contributed by atoms with E-state index in [0.717, 1.165) is 22.6 Å². The van der Waals surface area contributed by atoms with Gasteiger partial charge in [0, 0.05) is 11.3 Å². The molecule has 96 valence electrons. The van der Waals surface area contributed by atoms with Crippen LogP contribution in [-0.2, 0) is 0 Å². The predicted molar refractivity (Wildman–Crippen MR) is 76.8 cm³/mol. The van der Waals surface area contributed by atoms with E-state index in [4.69, 9.17) is 5.73 Å². The van der Waals surface area contributed by atoms with Gasteiger partial charge < -0.3 is 10.7 Å². The number of hydrogen-bond acceptors (Lipinski definition) is 3. The standard InChI is InChI=1S/C14H19N3S/c15-10-6-2-1-3-9-13(10)18-14-16-11-7-4-5-8-12(11)17-14/h4-5,7-8,10,13H,1-3,6,9,15H2,(H,16,17). The number of nitrogens with one attached hydrogen (secondary N) is 1. The molecule has 1 aliphatic rings. The summed E-state index contributed by atoms with van der Waals surface area (Å²) in [6, 6.07) is 8.48. The Bertz CT molecular complexity index is 489. The molecule has 2 unspecified atom stereocenters. The first-order chi connectivity index (χ1) is 8.83. The number of para-hydroxylation sites is 2. The highest BCUT2D eigenvalue weighted by molar-refractivity contribution is 7.99. The second kappa shape index (κ2) is 5.33. The summed E-state index contributed by atoms with van der Waals surface area (Å²) in [6.45, 7) is 0. The average Bonchev–Trinajstić information content (AvgIpc) is 2.68. The molecule has 1 aromatic carbocycles. The van der Waals surface area contributed by atoms with Crippen LogP contribution in [0.2, 0.25) is 0 Å². The number of fused-ring (bicyclic) bond motifs is 1. The molecule has 1 heterocycles. The molecule has 18 heavy (non-hydrogen) atoms. The Labute approximate surface area is 112 Å². The van der Waals surface area contributed by atoms with Crippen LogP contribution in [0.4, 0.5) is 0 Å². The topological polar surface area (TPSA) is 54.7 Å². The van der Waals surface area contributed by atoms with Crippen molar-refractivity contribution >= 4 is 22.8 Å². The minimum absolute atomic E-state index is 0.311. The monoisotopic (exact) mass is 261 g/mol. The number of thioether (sulfide) groups is 1. The van der Waals surface area contributed by atoms with Crippen molar-refractivity contribution < 1.29 is 0 Å². The highest BCUT2D eigenvalue weighted by atomic mass is 32.2. The van der Waals surface area contributed by atoms with Crippen molar-refractivity contribution in [2.75, 3.05) is 0 Å². The highest BCUT2D eigenvalue weighted by Gasteiger charge is 2.22. The molecule has 1 saturated carbocycles. The molecule has 0 saturated heterocycles. The van der Waals surface area contributed by atoms with Gasteiger partial charge in [-0.3, -0.25) is 0 Å². The quantitative estimate of drug-likeness (QED) is 0.815. The summed E-state index contributed by atoms with van der Waals surface area (Å²) >= 11 is 1.82. The first-order valence-electron chi connectivity index (χ1n) is 6.70. The second-order valence-corrected chi connectivity index (χ2v) is 6.25. The van der Waals surface area contributed by atoms with Crippen molar-refractivity contribution in [2.45, 2.75) is 48.6 Å². The lowest BCUT2D eigenvalue weighted by Crippen LogP contribution is -2.31. The van der Waals surface area contributed by atoms with Gasteiger partial charge in [0.1, 0.15) is 0 Å². The molecule has 2 atom stereocenters. The number of imidazole rings is 1. The van der Waals surface area contributed by atoms with Crippen LogP contribution in [0.25, 0.3) is 11.0 Å². The van der Waals surface area contributed by atoms with Crippen molar-refractivity contribution in [3.05, 3.63) is 24.3 Å². The SMILES string of the molecule is NC1CCCCCC1Sc1nc2ccccc2[nH]1. The number of rotatable bonds is 2. The van der Waals surface area contributed by atoms with Gasteiger partial charge in [0.05, 0.1) is 11.0 Å². The Hall–Kier alpha value is -1.00. The fourth-order valence-corrected chi connectivity index (χ4v) is 3.78. The third kappa shape index (κ3) is 2.54. The van der Waals surface area contributed by atoms with E-state index in [1.807, 2.05) is 30.0 Å². The van der Waals surface area contributed by atoms with Gasteiger partial charge in [-0.05, 0) is 25.0 Å². The number of H-pyrrole nitrogens is 1. The van der Waals surface area contributed by atoms with E-state index in [2.05, 4.69) is 16.0 Å². The van der Waals surface area contributed by atoms with Crippen molar-refractivity contribution in [1.82, 2.24) is 9.97 Å². The van der Waals surface area contributed by atoms with E-state index in [1.54, 1.807) is 0 Å². The molecular weight excluding hydrogens is 242 g/mol. The van der Waals surface area contributed by atoms with E-state index in [-0.39, 0.29) is 0 Å². The molecule has 1 aliphatic carbocycles. The lowest BCUT2D eigenvalue weighted by atomic mass is 10.1. The molecule has 3 nitrogen and oxygen atoms in total. The summed E-state index contributed by atoms with van der Waals surface area (Å²) in [5.74, 6) is 0. The van der Waals surface area contributed by atoms with Crippen LogP contribution in [0.3, 0.4) is 0 Å². The lowest BCUT2D eigenvalue weighted by Gasteiger charge is -2.19. The third-order valence-electron chi connectivity index (χ3n) is 3.63. The summed E-state index contributed by atoms with van der Waals surface area (Å²) in [5.41, 5.74) is 8.42. The number of hydrogen-bond donors (Lipinski definition) is 2. The molecule has 0 radical (unpaired) electrons. The Morgan fingerprint density at radius 3 is 2.89 bits per heavy atom. The minimum atomic E-state index is 0.311. The van der Waals surface area contributed by atoms with Gasteiger partial charge in [-0.2, -0.15) is 0 Å². The highest BCUT2D eigenvalue weighted by Crippen LogP contribution is 2.31. The zero-order valence-corrected chi connectivity index (χ0v) is 11.2. The maximum absolute atomic E-state index is 6.26. The molecule has 0 bridgehead atoms. The molecule has 1 aromatic heterocycles. The number of benzene rings is 1. The van der Waals surface area contributed by atoms with Crippen LogP contribution in [0.15, 0.2) is 29.4 Å². The van der Waals surface area contributed by atoms with E-state index in [0.29, 0.717) is 11.3 Å². The Morgan fingerprint density at radius 1 is 1.17 bits per heavy atom. The second-order valence-electron chi connectivity index (χ2n) is 5.02. The van der Waals surface area contributed by atoms with Crippen molar-refractivity contribution in [1.29, 1.82) is 0 Å². The molecule has 0 aliphatic heterocycles. The number of nitrogens with two attached hydrogens (primary N) is 1. The summed E-state index contributed by atoms with van der Waals surface area (Å²) in [5, 5.41) is 1.52. The van der Waals surface area contributed by atoms with E-state index >= 15 is 0 Å². The zero-order valence-electron chi connectivity index (χ0n) is 10.4. The van der Waals surface area contributed by atoms with Crippen LogP contribution in [0, 0.1) is 0 Å². The van der Waals surface area contributed by atoms with Gasteiger partial charge in [0.25, 0.3) is 0 Å². The van der Waals surface area contributed by atoms with Crippen molar-refractivity contribution in [3.8, 4) is 0 Å². The first kappa shape index (κ1) is 12.1. The van der Waals surface area contributed by atoms with E-state index < -0.39 is 0 Å². The van der Waals surface area contributed by atoms with E-state index in [1.165, 1.54) is 25.7 Å². The van der Waals surface area contributed by atoms with Crippen molar-refractivity contribution in [2.24, 2.45) is 5.73 Å². The summed E-state index contributed by atoms with van der Waals surface area (Å²) in [6.07, 6.45) is 6.26. The normalized spacial score (nSPS) is 25.2. The van der Waals surface area contributed by atoms with Gasteiger partial charge in [0.2, 0.25) is 0 Å². The van der Waals surface area contributed by atoms with Gasteiger partial charge >= 0.3 is 0 Å². The molecule has 0 spiro atoms. The fraction of sp³-hybridized carbons (Fsp3) is 0.500. The molecule has 3 N–H and O–H groups in total. The van der Waals surface area contributed by atoms with E-state index in [9.17, 15) is 0 Å². The summed E-state index contributed by atoms with van der Waals surface area (Å²) in [4.78, 5) is 8.00. The first-order valence-corrected chi connectivity index (χ1v) is 7.58. The average molecular weight is 261 g/mol. The molecular formula is C14H19N3S. The fourth-order valence-electron chi connectivity index (χ4n) is 2.58. The van der Waals surface area contributed by atoms with Gasteiger partial charge in [-0.25, -0.2) is 4.98 Å². The number of nitrogens with zero attached hydrogens (tertiary/aromatic N) is 1. The van der Waals surface area contributed by atoms with Gasteiger partial charge in [-0.1, -0.05) is 43.2 Å². The third-order valence-corrected chi connectivity index (χ3v) is 4.94. The van der Waals surface area contributed by atoms with Crippen LogP contribution >= 0.6 is 11.8 Å². The smallest absolute Gasteiger partial charge is 0.166 e. The van der Waals surface area contributed by atoms with Crippen LogP contribution in [0.5, 0.6) is 0 Å². The number of aromatic nitrogens is 2. The molecule has 0 amide bonds. The van der Waals surface area contributed by atoms with Crippen LogP contribution in [-0.4, -0.2) is 21.3 Å². The minimum Gasteiger partial charge on any atom is -0.333 e. The maximum atomic E-state index is 6.26. The zero-order chi connectivity index (χ0) is 12.4. The van der Waals surface area contributed by atoms with Gasteiger partial charge in [0.15, 0.2) is 5.16 Å². The Balaban J connectivity index is 1.78. The Morgan fingerprint density at radius 2 is 2.00 bits per heavy atom. The lowest BCUT2D eigenvalue weighted by molar-refractivity contribution is 0.595. The maximum Gasteiger partial charge on any atom is 0.166 e. The van der Waals surface area contributed by atoms with Crippen LogP contribution < -0.4 is 5.73 Å². The summed E-state index contributed by atoms with van der Waals surface area (Å²) in [7, 11) is 0. The number of aromatic amines is 1. The molecule has 2 aromatic rings. The predicted octanol–water partition coefficient (Wildman–Crippen LogP) is 3.32. The van der Waals surface area contributed by atoms with Gasteiger partial charge in [-0.15, -0.1) is 0 Å². The van der Waals surface area contributed by atoms with Crippen molar-refractivity contribution in [3.63, 3.8) is 0 Å². The largest absolute Gasteiger partial charge is 0.333 e. The molecule has 4 heteroatoms. The molecule has 1 fully saturated rings. The van der Waals surface area contributed by atoms with Crippen LogP contribution in [0.1, 0.15) is 32.1 Å². The summed E-state index contributed by atoms with van der Waals surface area (Å²) < 4.78 is 0.